The predicted octanol–water partition coefficient (Wildman–Crippen LogP) is 6.95. The average molecular weight is 452 g/mol. The minimum Gasteiger partial charge on any atom is -0.255 e. The quantitative estimate of drug-likeness (QED) is 0.314. The first kappa shape index (κ1) is 23.9. The third-order valence-corrected chi connectivity index (χ3v) is 5.89. The number of hydrogen-bond acceptors (Lipinski definition) is 5. The van der Waals surface area contributed by atoms with Crippen molar-refractivity contribution in [3.05, 3.63) is 100 Å². The van der Waals surface area contributed by atoms with Gasteiger partial charge in [0.15, 0.2) is 0 Å². The molecule has 0 aliphatic carbocycles. The first-order valence-electron chi connectivity index (χ1n) is 9.38. The molecule has 0 fully saturated rings. The minimum atomic E-state index is 0.290. The monoisotopic (exact) mass is 451 g/mol. The number of nitrogens with zero attached hydrogens (tertiary/aromatic N) is 2. The van der Waals surface area contributed by atoms with Crippen LogP contribution in [0, 0.1) is 22.7 Å². The molecule has 0 spiro atoms. The van der Waals surface area contributed by atoms with Gasteiger partial charge in [-0.1, -0.05) is 42.8 Å². The molecule has 3 aromatic carbocycles. The van der Waals surface area contributed by atoms with Crippen molar-refractivity contribution in [3.63, 3.8) is 0 Å². The summed E-state index contributed by atoms with van der Waals surface area (Å²) in [5, 5.41) is 18.3. The van der Waals surface area contributed by atoms with Gasteiger partial charge in [-0.2, -0.15) is 23.2 Å². The lowest BCUT2D eigenvalue weighted by Crippen LogP contribution is -2.02. The van der Waals surface area contributed by atoms with Crippen LogP contribution in [0.3, 0.4) is 0 Å². The lowest BCUT2D eigenvalue weighted by atomic mass is 10.1. The maximum Gasteiger partial charge on any atom is 0.0991 e. The summed E-state index contributed by atoms with van der Waals surface area (Å²) < 4.78 is 3.27. The van der Waals surface area contributed by atoms with Crippen LogP contribution in [0.25, 0.3) is 0 Å². The fourth-order valence-corrected chi connectivity index (χ4v) is 3.39. The second-order valence-corrected chi connectivity index (χ2v) is 8.37. The second kappa shape index (κ2) is 13.0. The molecule has 1 N–H and O–H groups in total. The molecular formula is C24H22ClN3S2. The van der Waals surface area contributed by atoms with E-state index >= 15 is 0 Å². The van der Waals surface area contributed by atoms with E-state index in [1.165, 1.54) is 5.56 Å². The molecule has 0 bridgehead atoms. The predicted molar refractivity (Wildman–Crippen MR) is 128 cm³/mol. The van der Waals surface area contributed by atoms with Crippen LogP contribution >= 0.6 is 36.2 Å². The Hall–Kier alpha value is -2.41. The van der Waals surface area contributed by atoms with E-state index in [2.05, 4.69) is 36.4 Å². The fraction of sp³-hybridized carbons (Fsp3) is 0.167. The van der Waals surface area contributed by atoms with Crippen molar-refractivity contribution in [1.29, 1.82) is 10.5 Å². The Kier molecular flexibility index (Phi) is 10.3. The van der Waals surface area contributed by atoms with Crippen molar-refractivity contribution < 1.29 is 0 Å². The topological polar surface area (TPSA) is 59.6 Å². The van der Waals surface area contributed by atoms with Crippen LogP contribution in [-0.2, 0) is 6.54 Å². The molecule has 0 heterocycles. The van der Waals surface area contributed by atoms with Gasteiger partial charge in [0.25, 0.3) is 0 Å². The van der Waals surface area contributed by atoms with Crippen LogP contribution in [0.4, 0.5) is 0 Å². The maximum absolute atomic E-state index is 8.70. The van der Waals surface area contributed by atoms with Gasteiger partial charge in [0, 0.05) is 21.7 Å². The summed E-state index contributed by atoms with van der Waals surface area (Å²) in [5.41, 5.74) is 3.72. The van der Waals surface area contributed by atoms with Gasteiger partial charge in [-0.3, -0.25) is 4.72 Å². The summed E-state index contributed by atoms with van der Waals surface area (Å²) in [7, 11) is 0. The van der Waals surface area contributed by atoms with Gasteiger partial charge < -0.3 is 0 Å². The Labute approximate surface area is 193 Å². The first-order valence-corrected chi connectivity index (χ1v) is 11.1. The van der Waals surface area contributed by atoms with Gasteiger partial charge in [0.05, 0.1) is 23.3 Å². The number of rotatable bonds is 6. The molecule has 152 valence electrons. The van der Waals surface area contributed by atoms with Crippen molar-refractivity contribution >= 4 is 36.2 Å². The van der Waals surface area contributed by atoms with Crippen LogP contribution in [0.1, 0.15) is 40.8 Å². The smallest absolute Gasteiger partial charge is 0.0991 e. The SMILES string of the molecule is CCC(S)c1ccc(C#N)cc1.N#Cc1ccc(CNSc2ccc(Cl)cc2)cc1. The molecule has 30 heavy (non-hydrogen) atoms. The van der Waals surface area contributed by atoms with E-state index in [0.717, 1.165) is 28.4 Å². The van der Waals surface area contributed by atoms with Crippen molar-refractivity contribution in [2.24, 2.45) is 0 Å². The molecule has 3 aromatic rings. The van der Waals surface area contributed by atoms with Crippen LogP contribution in [0.15, 0.2) is 77.7 Å². The molecule has 6 heteroatoms. The van der Waals surface area contributed by atoms with Gasteiger partial charge >= 0.3 is 0 Å². The summed E-state index contributed by atoms with van der Waals surface area (Å²) in [6.07, 6.45) is 1.01. The van der Waals surface area contributed by atoms with Crippen LogP contribution in [0.5, 0.6) is 0 Å². The average Bonchev–Trinajstić information content (AvgIpc) is 2.81. The van der Waals surface area contributed by atoms with E-state index in [4.69, 9.17) is 22.1 Å². The third kappa shape index (κ3) is 8.14. The van der Waals surface area contributed by atoms with E-state index in [1.807, 2.05) is 72.8 Å². The first-order chi connectivity index (χ1) is 14.5. The zero-order valence-corrected chi connectivity index (χ0v) is 19.0. The molecule has 3 nitrogen and oxygen atoms in total. The van der Waals surface area contributed by atoms with E-state index in [1.54, 1.807) is 11.9 Å². The Bertz CT molecular complexity index is 989. The molecule has 0 radical (unpaired) electrons. The summed E-state index contributed by atoms with van der Waals surface area (Å²) in [5.74, 6) is 0. The largest absolute Gasteiger partial charge is 0.255 e. The Balaban J connectivity index is 0.000000232. The third-order valence-electron chi connectivity index (χ3n) is 4.17. The summed E-state index contributed by atoms with van der Waals surface area (Å²) >= 11 is 11.8. The van der Waals surface area contributed by atoms with E-state index in [-0.39, 0.29) is 5.25 Å². The lowest BCUT2D eigenvalue weighted by molar-refractivity contribution is 0.902. The highest BCUT2D eigenvalue weighted by atomic mass is 35.5. The minimum absolute atomic E-state index is 0.290. The highest BCUT2D eigenvalue weighted by Crippen LogP contribution is 2.23. The van der Waals surface area contributed by atoms with Gasteiger partial charge in [-0.25, -0.2) is 0 Å². The van der Waals surface area contributed by atoms with Crippen molar-refractivity contribution in [2.75, 3.05) is 0 Å². The van der Waals surface area contributed by atoms with E-state index in [0.29, 0.717) is 11.1 Å². The fourth-order valence-electron chi connectivity index (χ4n) is 2.42. The molecular weight excluding hydrogens is 430 g/mol. The van der Waals surface area contributed by atoms with Crippen molar-refractivity contribution in [3.8, 4) is 12.1 Å². The summed E-state index contributed by atoms with van der Waals surface area (Å²) in [6, 6.07) is 27.0. The van der Waals surface area contributed by atoms with Crippen LogP contribution < -0.4 is 4.72 Å². The van der Waals surface area contributed by atoms with Crippen LogP contribution in [0.2, 0.25) is 5.02 Å². The highest BCUT2D eigenvalue weighted by Gasteiger charge is 2.02. The number of halogens is 1. The number of nitrogens with one attached hydrogen (secondary N) is 1. The van der Waals surface area contributed by atoms with Gasteiger partial charge in [0.2, 0.25) is 0 Å². The molecule has 1 atom stereocenters. The Morgan fingerprint density at radius 3 is 1.93 bits per heavy atom. The molecule has 0 aliphatic rings. The van der Waals surface area contributed by atoms with E-state index < -0.39 is 0 Å². The molecule has 0 aliphatic heterocycles. The molecule has 3 rings (SSSR count). The molecule has 0 saturated carbocycles. The Morgan fingerprint density at radius 2 is 1.43 bits per heavy atom. The normalized spacial score (nSPS) is 10.8. The zero-order valence-electron chi connectivity index (χ0n) is 16.5. The standard InChI is InChI=1S/C14H11ClN2S.C10H11NS/c15-13-5-7-14(8-6-13)18-17-10-12-3-1-11(9-16)2-4-12;1-2-10(12)9-5-3-8(7-11)4-6-9/h1-8,17H,10H2;3-6,10,12H,2H2,1H3. The lowest BCUT2D eigenvalue weighted by Gasteiger charge is -2.06. The zero-order chi connectivity index (χ0) is 21.8. The maximum atomic E-state index is 8.70. The number of hydrogen-bond donors (Lipinski definition) is 2. The highest BCUT2D eigenvalue weighted by molar-refractivity contribution is 7.97. The summed E-state index contributed by atoms with van der Waals surface area (Å²) in [6.45, 7) is 2.84. The van der Waals surface area contributed by atoms with Crippen LogP contribution in [-0.4, -0.2) is 0 Å². The molecule has 0 aromatic heterocycles. The van der Waals surface area contributed by atoms with Crippen molar-refractivity contribution in [1.82, 2.24) is 4.72 Å². The van der Waals surface area contributed by atoms with E-state index in [9.17, 15) is 0 Å². The molecule has 0 saturated heterocycles. The number of nitriles is 2. The second-order valence-electron chi connectivity index (χ2n) is 6.34. The number of benzene rings is 3. The molecule has 1 unspecified atom stereocenters. The van der Waals surface area contributed by atoms with Gasteiger partial charge in [0.1, 0.15) is 0 Å². The summed E-state index contributed by atoms with van der Waals surface area (Å²) in [4.78, 5) is 1.12. The van der Waals surface area contributed by atoms with Gasteiger partial charge in [-0.05, 0) is 78.0 Å². The van der Waals surface area contributed by atoms with Gasteiger partial charge in [-0.15, -0.1) is 0 Å². The molecule has 0 amide bonds. The van der Waals surface area contributed by atoms with Crippen molar-refractivity contribution in [2.45, 2.75) is 30.0 Å². The Morgan fingerprint density at radius 1 is 0.900 bits per heavy atom. The number of thiol groups is 1.